The molecule has 0 radical (unpaired) electrons. The molecule has 0 spiro atoms. The van der Waals surface area contributed by atoms with Gasteiger partial charge < -0.3 is 4.74 Å². The molecule has 43 heavy (non-hydrogen) atoms. The topological polar surface area (TPSA) is 74.3 Å². The highest BCUT2D eigenvalue weighted by Crippen LogP contribution is 2.28. The van der Waals surface area contributed by atoms with Crippen LogP contribution in [-0.2, 0) is 6.61 Å². The predicted octanol–water partition coefficient (Wildman–Crippen LogP) is 7.02. The Balaban J connectivity index is 1.25. The number of hydrogen-bond acceptors (Lipinski definition) is 7. The second kappa shape index (κ2) is 11.8. The molecule has 10 heteroatoms. The molecule has 0 aliphatic heterocycles. The van der Waals surface area contributed by atoms with Gasteiger partial charge in [0.25, 0.3) is 5.56 Å². The van der Waals surface area contributed by atoms with Crippen LogP contribution < -0.4 is 14.8 Å². The summed E-state index contributed by atoms with van der Waals surface area (Å²) < 4.78 is 9.78. The van der Waals surface area contributed by atoms with E-state index in [9.17, 15) is 4.79 Å². The van der Waals surface area contributed by atoms with E-state index < -0.39 is 0 Å². The standard InChI is InChI=1S/C33H22ClN5O2S2/c34-25-13-11-22(12-14-25)21-41-27-9-4-6-23(18-27)31-24(20-38(37-31)26-7-2-1-3-8-26)19-29-32(40)39-33(43-29)35-30(36-39)16-15-28-10-5-17-42-28/h1-20H,21H2/b16-15+,29-19-. The first-order valence-electron chi connectivity index (χ1n) is 13.3. The van der Waals surface area contributed by atoms with Crippen molar-refractivity contribution in [2.24, 2.45) is 0 Å². The Kier molecular flexibility index (Phi) is 7.42. The van der Waals surface area contributed by atoms with Crippen LogP contribution in [-0.4, -0.2) is 24.4 Å². The van der Waals surface area contributed by atoms with Crippen LogP contribution in [0.1, 0.15) is 21.8 Å². The van der Waals surface area contributed by atoms with Crippen LogP contribution in [0.15, 0.2) is 107 Å². The first kappa shape index (κ1) is 27.0. The van der Waals surface area contributed by atoms with E-state index in [-0.39, 0.29) is 5.56 Å². The van der Waals surface area contributed by atoms with Crippen molar-refractivity contribution in [1.82, 2.24) is 24.4 Å². The van der Waals surface area contributed by atoms with Gasteiger partial charge in [-0.3, -0.25) is 4.79 Å². The van der Waals surface area contributed by atoms with Crippen LogP contribution in [0.25, 0.3) is 40.1 Å². The van der Waals surface area contributed by atoms with Crippen molar-refractivity contribution in [2.45, 2.75) is 6.61 Å². The number of rotatable bonds is 8. The summed E-state index contributed by atoms with van der Waals surface area (Å²) in [6.45, 7) is 0.407. The molecular formula is C33H22ClN5O2S2. The van der Waals surface area contributed by atoms with Gasteiger partial charge in [-0.2, -0.15) is 14.6 Å². The van der Waals surface area contributed by atoms with Gasteiger partial charge in [0.1, 0.15) is 18.1 Å². The monoisotopic (exact) mass is 619 g/mol. The Bertz CT molecular complexity index is 2170. The number of fused-ring (bicyclic) bond motifs is 1. The summed E-state index contributed by atoms with van der Waals surface area (Å²) in [5, 5.41) is 12.0. The number of thiophene rings is 1. The third kappa shape index (κ3) is 5.91. The molecule has 7 aromatic rings. The van der Waals surface area contributed by atoms with Crippen molar-refractivity contribution in [3.63, 3.8) is 0 Å². The molecule has 0 amide bonds. The molecule has 7 nitrogen and oxygen atoms in total. The number of hydrogen-bond donors (Lipinski definition) is 0. The number of halogens is 1. The summed E-state index contributed by atoms with van der Waals surface area (Å²) in [5.41, 5.74) is 4.08. The predicted molar refractivity (Wildman–Crippen MR) is 174 cm³/mol. The van der Waals surface area contributed by atoms with E-state index in [1.54, 1.807) is 11.3 Å². The number of aromatic nitrogens is 5. The quantitative estimate of drug-likeness (QED) is 0.183. The lowest BCUT2D eigenvalue weighted by Crippen LogP contribution is -2.23. The van der Waals surface area contributed by atoms with Gasteiger partial charge in [0, 0.05) is 27.2 Å². The number of benzene rings is 3. The number of thiazole rings is 1. The Hall–Kier alpha value is -4.83. The summed E-state index contributed by atoms with van der Waals surface area (Å²) in [7, 11) is 0. The zero-order valence-electron chi connectivity index (χ0n) is 22.5. The van der Waals surface area contributed by atoms with E-state index in [1.165, 1.54) is 15.9 Å². The largest absolute Gasteiger partial charge is 0.489 e. The highest BCUT2D eigenvalue weighted by Gasteiger charge is 2.15. The molecule has 0 saturated carbocycles. The summed E-state index contributed by atoms with van der Waals surface area (Å²) in [6, 6.07) is 29.2. The Labute approximate surface area is 259 Å². The Morgan fingerprint density at radius 3 is 2.56 bits per heavy atom. The lowest BCUT2D eigenvalue weighted by atomic mass is 10.1. The van der Waals surface area contributed by atoms with Crippen molar-refractivity contribution in [1.29, 1.82) is 0 Å². The molecule has 0 aliphatic rings. The Morgan fingerprint density at radius 2 is 1.77 bits per heavy atom. The van der Waals surface area contributed by atoms with Crippen molar-refractivity contribution in [3.05, 3.63) is 144 Å². The lowest BCUT2D eigenvalue weighted by molar-refractivity contribution is 0.306. The van der Waals surface area contributed by atoms with Crippen LogP contribution in [0.2, 0.25) is 5.02 Å². The van der Waals surface area contributed by atoms with E-state index in [4.69, 9.17) is 21.4 Å². The van der Waals surface area contributed by atoms with Gasteiger partial charge in [-0.15, -0.1) is 16.4 Å². The van der Waals surface area contributed by atoms with Crippen LogP contribution in [0, 0.1) is 0 Å². The average molecular weight is 620 g/mol. The molecule has 0 bridgehead atoms. The van der Waals surface area contributed by atoms with E-state index >= 15 is 0 Å². The zero-order chi connectivity index (χ0) is 29.2. The second-order valence-electron chi connectivity index (χ2n) is 9.59. The van der Waals surface area contributed by atoms with Crippen LogP contribution in [0.5, 0.6) is 5.75 Å². The minimum Gasteiger partial charge on any atom is -0.489 e. The van der Waals surface area contributed by atoms with Gasteiger partial charge >= 0.3 is 0 Å². The van der Waals surface area contributed by atoms with E-state index in [0.717, 1.165) is 32.9 Å². The maximum Gasteiger partial charge on any atom is 0.291 e. The normalized spacial score (nSPS) is 12.1. The third-order valence-electron chi connectivity index (χ3n) is 6.61. The maximum atomic E-state index is 13.4. The molecule has 0 aliphatic carbocycles. The van der Waals surface area contributed by atoms with Gasteiger partial charge in [-0.1, -0.05) is 71.5 Å². The minimum absolute atomic E-state index is 0.221. The SMILES string of the molecule is O=c1/c(=C/c2cn(-c3ccccc3)nc2-c2cccc(OCc3ccc(Cl)cc3)c2)sc2nc(/C=C/c3cccs3)nn12. The first-order chi connectivity index (χ1) is 21.1. The van der Waals surface area contributed by atoms with Crippen LogP contribution in [0.4, 0.5) is 0 Å². The van der Waals surface area contributed by atoms with Gasteiger partial charge in [0.2, 0.25) is 4.96 Å². The molecule has 7 rings (SSSR count). The smallest absolute Gasteiger partial charge is 0.291 e. The summed E-state index contributed by atoms with van der Waals surface area (Å²) in [4.78, 5) is 19.5. The van der Waals surface area contributed by atoms with Gasteiger partial charge in [-0.05, 0) is 71.6 Å². The zero-order valence-corrected chi connectivity index (χ0v) is 24.9. The number of nitrogens with zero attached hydrogens (tertiary/aromatic N) is 5. The van der Waals surface area contributed by atoms with Crippen molar-refractivity contribution < 1.29 is 4.74 Å². The van der Waals surface area contributed by atoms with E-state index in [0.29, 0.717) is 32.7 Å². The highest BCUT2D eigenvalue weighted by molar-refractivity contribution is 7.15. The van der Waals surface area contributed by atoms with Gasteiger partial charge in [-0.25, -0.2) is 4.68 Å². The number of ether oxygens (including phenoxy) is 1. The van der Waals surface area contributed by atoms with Crippen molar-refractivity contribution >= 4 is 57.5 Å². The molecule has 4 aromatic heterocycles. The maximum absolute atomic E-state index is 13.4. The van der Waals surface area contributed by atoms with Gasteiger partial charge in [0.15, 0.2) is 5.82 Å². The van der Waals surface area contributed by atoms with E-state index in [2.05, 4.69) is 10.1 Å². The van der Waals surface area contributed by atoms with Crippen LogP contribution >= 0.6 is 34.3 Å². The number of para-hydroxylation sites is 1. The average Bonchev–Trinajstić information content (AvgIpc) is 3.83. The third-order valence-corrected chi connectivity index (χ3v) is 8.66. The molecule has 0 N–H and O–H groups in total. The molecule has 210 valence electrons. The van der Waals surface area contributed by atoms with E-state index in [1.807, 2.05) is 125 Å². The van der Waals surface area contributed by atoms with Gasteiger partial charge in [0.05, 0.1) is 10.2 Å². The molecule has 0 atom stereocenters. The summed E-state index contributed by atoms with van der Waals surface area (Å²) in [5.74, 6) is 1.20. The van der Waals surface area contributed by atoms with Crippen molar-refractivity contribution in [2.75, 3.05) is 0 Å². The fourth-order valence-corrected chi connectivity index (χ4v) is 6.16. The molecule has 3 aromatic carbocycles. The minimum atomic E-state index is -0.221. The highest BCUT2D eigenvalue weighted by atomic mass is 35.5. The molecular weight excluding hydrogens is 598 g/mol. The van der Waals surface area contributed by atoms with Crippen LogP contribution in [0.3, 0.4) is 0 Å². The van der Waals surface area contributed by atoms with Crippen molar-refractivity contribution in [3.8, 4) is 22.7 Å². The fraction of sp³-hybridized carbons (Fsp3) is 0.0303. The molecule has 0 unspecified atom stereocenters. The molecule has 4 heterocycles. The second-order valence-corrected chi connectivity index (χ2v) is 12.0. The summed E-state index contributed by atoms with van der Waals surface area (Å²) in [6.07, 6.45) is 7.54. The lowest BCUT2D eigenvalue weighted by Gasteiger charge is -2.08. The first-order valence-corrected chi connectivity index (χ1v) is 15.4. The Morgan fingerprint density at radius 1 is 0.907 bits per heavy atom. The molecule has 0 fully saturated rings. The fourth-order valence-electron chi connectivity index (χ4n) is 4.51. The molecule has 0 saturated heterocycles. The summed E-state index contributed by atoms with van der Waals surface area (Å²) >= 11 is 8.95.